The second-order valence-electron chi connectivity index (χ2n) is 9.53. The van der Waals surface area contributed by atoms with E-state index < -0.39 is 10.8 Å². The smallest absolute Gasteiger partial charge is 0.307 e. The van der Waals surface area contributed by atoms with Gasteiger partial charge in [-0.2, -0.15) is 0 Å². The Labute approximate surface area is 184 Å². The van der Waals surface area contributed by atoms with Gasteiger partial charge < -0.3 is 9.47 Å². The first-order valence-corrected chi connectivity index (χ1v) is 12.7. The highest BCUT2D eigenvalue weighted by atomic mass is 32.2. The van der Waals surface area contributed by atoms with Gasteiger partial charge in [-0.05, 0) is 35.8 Å². The maximum atomic E-state index is 13.1. The summed E-state index contributed by atoms with van der Waals surface area (Å²) in [6.45, 7) is 10.5. The van der Waals surface area contributed by atoms with Gasteiger partial charge in [0.1, 0.15) is 6.10 Å². The third-order valence-electron chi connectivity index (χ3n) is 6.13. The van der Waals surface area contributed by atoms with E-state index in [0.29, 0.717) is 18.7 Å². The summed E-state index contributed by atoms with van der Waals surface area (Å²) in [6.07, 6.45) is 3.96. The van der Waals surface area contributed by atoms with Gasteiger partial charge in [0, 0.05) is 36.2 Å². The van der Waals surface area contributed by atoms with Gasteiger partial charge in [0.2, 0.25) is 0 Å². The van der Waals surface area contributed by atoms with Crippen LogP contribution in [0.15, 0.2) is 24.3 Å². The molecule has 1 aliphatic heterocycles. The summed E-state index contributed by atoms with van der Waals surface area (Å²) in [7, 11) is -1.04. The van der Waals surface area contributed by atoms with E-state index in [2.05, 4.69) is 49.9 Å². The zero-order valence-electron chi connectivity index (χ0n) is 18.7. The van der Waals surface area contributed by atoms with E-state index in [9.17, 15) is 9.00 Å². The third kappa shape index (κ3) is 6.89. The Hall–Kier alpha value is -1.24. The lowest BCUT2D eigenvalue weighted by molar-refractivity contribution is -0.150. The monoisotopic (exact) mass is 435 g/mol. The Kier molecular flexibility index (Phi) is 8.49. The van der Waals surface area contributed by atoms with Crippen LogP contribution >= 0.6 is 0 Å². The number of nitrogens with zero attached hydrogens (tertiary/aromatic N) is 1. The maximum absolute atomic E-state index is 13.1. The quantitative estimate of drug-likeness (QED) is 0.610. The van der Waals surface area contributed by atoms with Gasteiger partial charge in [-0.15, -0.1) is 0 Å². The van der Waals surface area contributed by atoms with Crippen molar-refractivity contribution < 1.29 is 18.5 Å². The van der Waals surface area contributed by atoms with Crippen molar-refractivity contribution in [3.63, 3.8) is 0 Å². The molecule has 1 aromatic rings. The summed E-state index contributed by atoms with van der Waals surface area (Å²) in [4.78, 5) is 14.7. The highest BCUT2D eigenvalue weighted by Gasteiger charge is 2.33. The number of rotatable bonds is 7. The predicted molar refractivity (Wildman–Crippen MR) is 121 cm³/mol. The van der Waals surface area contributed by atoms with Crippen molar-refractivity contribution in [1.82, 2.24) is 4.90 Å². The van der Waals surface area contributed by atoms with Crippen molar-refractivity contribution in [2.24, 2.45) is 0 Å². The van der Waals surface area contributed by atoms with Crippen molar-refractivity contribution >= 4 is 16.8 Å². The maximum Gasteiger partial charge on any atom is 0.307 e. The Morgan fingerprint density at radius 2 is 1.80 bits per heavy atom. The van der Waals surface area contributed by atoms with E-state index in [1.807, 2.05) is 0 Å². The fourth-order valence-electron chi connectivity index (χ4n) is 4.17. The molecule has 3 unspecified atom stereocenters. The number of ether oxygens (including phenoxy) is 2. The van der Waals surface area contributed by atoms with E-state index >= 15 is 0 Å². The Morgan fingerprint density at radius 1 is 1.13 bits per heavy atom. The average Bonchev–Trinajstić information content (AvgIpc) is 2.73. The predicted octanol–water partition coefficient (Wildman–Crippen LogP) is 3.81. The molecule has 3 atom stereocenters. The van der Waals surface area contributed by atoms with Crippen LogP contribution in [0, 0.1) is 0 Å². The number of esters is 1. The molecule has 2 aliphatic rings. The third-order valence-corrected chi connectivity index (χ3v) is 7.96. The highest BCUT2D eigenvalue weighted by Crippen LogP contribution is 2.28. The summed E-state index contributed by atoms with van der Waals surface area (Å²) in [5.74, 6) is 0.363. The lowest BCUT2D eigenvalue weighted by atomic mass is 9.87. The van der Waals surface area contributed by atoms with Gasteiger partial charge in [0.25, 0.3) is 0 Å². The van der Waals surface area contributed by atoms with E-state index in [-0.39, 0.29) is 22.7 Å². The van der Waals surface area contributed by atoms with Gasteiger partial charge in [0.05, 0.1) is 24.9 Å². The van der Waals surface area contributed by atoms with Crippen LogP contribution in [0.4, 0.5) is 0 Å². The molecule has 0 bridgehead atoms. The summed E-state index contributed by atoms with van der Waals surface area (Å²) < 4.78 is 24.3. The summed E-state index contributed by atoms with van der Waals surface area (Å²) in [5, 5.41) is -0.0617. The summed E-state index contributed by atoms with van der Waals surface area (Å²) >= 11 is 0. The first kappa shape index (κ1) is 23.4. The van der Waals surface area contributed by atoms with Crippen molar-refractivity contribution in [2.45, 2.75) is 75.4 Å². The van der Waals surface area contributed by atoms with E-state index in [1.165, 1.54) is 5.56 Å². The topological polar surface area (TPSA) is 55.8 Å². The molecule has 0 aromatic heterocycles. The number of benzene rings is 1. The van der Waals surface area contributed by atoms with Crippen LogP contribution in [0.1, 0.15) is 64.0 Å². The molecule has 1 saturated heterocycles. The van der Waals surface area contributed by atoms with Gasteiger partial charge in [-0.3, -0.25) is 13.9 Å². The first-order valence-electron chi connectivity index (χ1n) is 11.3. The molecule has 1 heterocycles. The number of carbonyl (C=O) groups excluding carboxylic acids is 1. The molecular weight excluding hydrogens is 398 g/mol. The zero-order chi connectivity index (χ0) is 21.6. The first-order chi connectivity index (χ1) is 14.3. The lowest BCUT2D eigenvalue weighted by Gasteiger charge is -2.31. The van der Waals surface area contributed by atoms with Crippen LogP contribution in [0.5, 0.6) is 0 Å². The second-order valence-corrected chi connectivity index (χ2v) is 11.2. The standard InChI is InChI=1S/C24H37NO4S/c1-24(2,3)20-10-8-19(9-11-20)18-30(27)22-7-5-4-6-21(22)29-23(26)12-13-25-14-16-28-17-15-25/h8-11,21-22H,4-7,12-18H2,1-3H3. The van der Waals surface area contributed by atoms with Crippen molar-refractivity contribution in [3.05, 3.63) is 35.4 Å². The SMILES string of the molecule is CC(C)(C)c1ccc(CS(=O)C2CCCCC2OC(=O)CCN2CCOCC2)cc1. The van der Waals surface area contributed by atoms with Gasteiger partial charge in [-0.25, -0.2) is 0 Å². The van der Waals surface area contributed by atoms with Gasteiger partial charge >= 0.3 is 5.97 Å². The van der Waals surface area contributed by atoms with Crippen LogP contribution in [0.3, 0.4) is 0 Å². The van der Waals surface area contributed by atoms with Gasteiger partial charge in [-0.1, -0.05) is 51.5 Å². The fraction of sp³-hybridized carbons (Fsp3) is 0.708. The Morgan fingerprint density at radius 3 is 2.47 bits per heavy atom. The fourth-order valence-corrected chi connectivity index (χ4v) is 5.87. The molecule has 6 heteroatoms. The highest BCUT2D eigenvalue weighted by molar-refractivity contribution is 7.84. The van der Waals surface area contributed by atoms with E-state index in [4.69, 9.17) is 9.47 Å². The molecule has 0 amide bonds. The minimum atomic E-state index is -1.04. The lowest BCUT2D eigenvalue weighted by Crippen LogP contribution is -2.40. The number of morpholine rings is 1. The molecule has 30 heavy (non-hydrogen) atoms. The minimum Gasteiger partial charge on any atom is -0.461 e. The number of hydrogen-bond donors (Lipinski definition) is 0. The summed E-state index contributed by atoms with van der Waals surface area (Å²) in [6, 6.07) is 8.45. The van der Waals surface area contributed by atoms with Crippen LogP contribution < -0.4 is 0 Å². The molecule has 5 nitrogen and oxygen atoms in total. The molecule has 0 N–H and O–H groups in total. The molecule has 1 aromatic carbocycles. The van der Waals surface area contributed by atoms with Crippen molar-refractivity contribution in [3.8, 4) is 0 Å². The Balaban J connectivity index is 1.52. The van der Waals surface area contributed by atoms with Crippen molar-refractivity contribution in [2.75, 3.05) is 32.8 Å². The zero-order valence-corrected chi connectivity index (χ0v) is 19.5. The van der Waals surface area contributed by atoms with E-state index in [1.54, 1.807) is 0 Å². The molecule has 2 fully saturated rings. The average molecular weight is 436 g/mol. The molecule has 0 radical (unpaired) electrons. The minimum absolute atomic E-state index is 0.0617. The Bertz CT molecular complexity index is 707. The number of carbonyl (C=O) groups is 1. The van der Waals surface area contributed by atoms with Crippen LogP contribution in [0.2, 0.25) is 0 Å². The van der Waals surface area contributed by atoms with Gasteiger partial charge in [0.15, 0.2) is 0 Å². The molecule has 1 saturated carbocycles. The normalized spacial score (nSPS) is 24.4. The second kappa shape index (κ2) is 10.9. The molecule has 0 spiro atoms. The van der Waals surface area contributed by atoms with Crippen LogP contribution in [-0.4, -0.2) is 59.3 Å². The van der Waals surface area contributed by atoms with Crippen molar-refractivity contribution in [1.29, 1.82) is 0 Å². The number of hydrogen-bond acceptors (Lipinski definition) is 5. The van der Waals surface area contributed by atoms with Crippen LogP contribution in [0.25, 0.3) is 0 Å². The largest absolute Gasteiger partial charge is 0.461 e. The molecule has 168 valence electrons. The van der Waals surface area contributed by atoms with E-state index in [0.717, 1.165) is 57.6 Å². The molecule has 1 aliphatic carbocycles. The molecule has 3 rings (SSSR count). The molecular formula is C24H37NO4S. The van der Waals surface area contributed by atoms with Crippen LogP contribution in [-0.2, 0) is 36.2 Å². The summed E-state index contributed by atoms with van der Waals surface area (Å²) in [5.41, 5.74) is 2.48.